The molecule has 0 radical (unpaired) electrons. The Bertz CT molecular complexity index is 377. The largest absolute Gasteiger partial charge is 0.337 e. The fourth-order valence-electron chi connectivity index (χ4n) is 3.88. The second-order valence-corrected chi connectivity index (χ2v) is 6.53. The highest BCUT2D eigenvalue weighted by atomic mass is 16.2. The van der Waals surface area contributed by atoms with Crippen molar-refractivity contribution in [3.63, 3.8) is 0 Å². The molecule has 106 valence electrons. The second-order valence-electron chi connectivity index (χ2n) is 6.53. The molecule has 2 aliphatic heterocycles. The number of rotatable bonds is 1. The van der Waals surface area contributed by atoms with Crippen molar-refractivity contribution in [3.05, 3.63) is 11.6 Å². The summed E-state index contributed by atoms with van der Waals surface area (Å²) in [6, 6.07) is 0.699. The summed E-state index contributed by atoms with van der Waals surface area (Å²) in [6.07, 6.45) is 10.9. The van der Waals surface area contributed by atoms with Gasteiger partial charge in [-0.2, -0.15) is 0 Å². The van der Waals surface area contributed by atoms with Gasteiger partial charge in [0.25, 0.3) is 0 Å². The average Bonchev–Trinajstić information content (AvgIpc) is 2.47. The molecule has 2 heterocycles. The summed E-state index contributed by atoms with van der Waals surface area (Å²) < 4.78 is 0. The molecular weight excluding hydrogens is 236 g/mol. The highest BCUT2D eigenvalue weighted by Crippen LogP contribution is 2.32. The number of piperidine rings is 1. The summed E-state index contributed by atoms with van der Waals surface area (Å²) >= 11 is 0. The fraction of sp³-hybridized carbons (Fsp3) is 0.812. The second kappa shape index (κ2) is 5.66. The van der Waals surface area contributed by atoms with Crippen molar-refractivity contribution in [2.45, 2.75) is 64.0 Å². The van der Waals surface area contributed by atoms with Crippen LogP contribution in [0, 0.1) is 5.92 Å². The summed E-state index contributed by atoms with van der Waals surface area (Å²) in [5.41, 5.74) is 1.42. The number of nitrogens with one attached hydrogen (secondary N) is 1. The molecule has 0 bridgehead atoms. The lowest BCUT2D eigenvalue weighted by atomic mass is 9.77. The minimum Gasteiger partial charge on any atom is -0.337 e. The zero-order chi connectivity index (χ0) is 13.2. The third kappa shape index (κ3) is 2.86. The third-order valence-electron chi connectivity index (χ3n) is 5.20. The summed E-state index contributed by atoms with van der Waals surface area (Å²) in [7, 11) is 0. The van der Waals surface area contributed by atoms with Crippen molar-refractivity contribution in [1.29, 1.82) is 0 Å². The van der Waals surface area contributed by atoms with E-state index in [2.05, 4.69) is 18.3 Å². The van der Waals surface area contributed by atoms with E-state index in [0.717, 1.165) is 31.8 Å². The van der Waals surface area contributed by atoms with Gasteiger partial charge in [-0.25, -0.2) is 0 Å². The smallest absolute Gasteiger partial charge is 0.240 e. The van der Waals surface area contributed by atoms with Gasteiger partial charge in [-0.3, -0.25) is 4.79 Å². The third-order valence-corrected chi connectivity index (χ3v) is 5.20. The number of hydrogen-bond acceptors (Lipinski definition) is 2. The van der Waals surface area contributed by atoms with Gasteiger partial charge in [0.15, 0.2) is 0 Å². The van der Waals surface area contributed by atoms with E-state index in [1.807, 2.05) is 4.90 Å². The molecule has 3 unspecified atom stereocenters. The SMILES string of the molecule is CC1=CCN(C(=O)C2CCC3CCCCC3N2)CC1. The Morgan fingerprint density at radius 2 is 2.11 bits per heavy atom. The zero-order valence-electron chi connectivity index (χ0n) is 12.0. The Kier molecular flexibility index (Phi) is 3.92. The number of fused-ring (bicyclic) bond motifs is 1. The first-order chi connectivity index (χ1) is 9.24. The quantitative estimate of drug-likeness (QED) is 0.736. The maximum Gasteiger partial charge on any atom is 0.240 e. The first-order valence-electron chi connectivity index (χ1n) is 7.94. The Labute approximate surface area is 116 Å². The van der Waals surface area contributed by atoms with E-state index in [-0.39, 0.29) is 6.04 Å². The minimum atomic E-state index is 0.0890. The molecule has 0 aromatic heterocycles. The van der Waals surface area contributed by atoms with Crippen LogP contribution in [-0.2, 0) is 4.79 Å². The molecular formula is C16H26N2O. The lowest BCUT2D eigenvalue weighted by molar-refractivity contribution is -0.134. The van der Waals surface area contributed by atoms with Gasteiger partial charge in [-0.05, 0) is 44.9 Å². The molecule has 2 fully saturated rings. The number of amides is 1. The van der Waals surface area contributed by atoms with E-state index in [1.165, 1.54) is 37.7 Å². The van der Waals surface area contributed by atoms with E-state index in [1.54, 1.807) is 0 Å². The average molecular weight is 262 g/mol. The van der Waals surface area contributed by atoms with Gasteiger partial charge >= 0.3 is 0 Å². The fourth-order valence-corrected chi connectivity index (χ4v) is 3.88. The van der Waals surface area contributed by atoms with Crippen molar-refractivity contribution in [2.24, 2.45) is 5.92 Å². The first-order valence-corrected chi connectivity index (χ1v) is 7.94. The van der Waals surface area contributed by atoms with Crippen molar-refractivity contribution in [1.82, 2.24) is 10.2 Å². The first kappa shape index (κ1) is 13.2. The van der Waals surface area contributed by atoms with Crippen molar-refractivity contribution in [2.75, 3.05) is 13.1 Å². The highest BCUT2D eigenvalue weighted by Gasteiger charge is 2.35. The normalized spacial score (nSPS) is 35.5. The molecule has 3 aliphatic rings. The molecule has 3 rings (SSSR count). The number of nitrogens with zero attached hydrogens (tertiary/aromatic N) is 1. The summed E-state index contributed by atoms with van der Waals surface area (Å²) in [5, 5.41) is 3.65. The van der Waals surface area contributed by atoms with E-state index in [9.17, 15) is 4.79 Å². The topological polar surface area (TPSA) is 32.3 Å². The maximum atomic E-state index is 12.6. The van der Waals surface area contributed by atoms with E-state index >= 15 is 0 Å². The molecule has 1 amide bonds. The monoisotopic (exact) mass is 262 g/mol. The van der Waals surface area contributed by atoms with Crippen LogP contribution in [-0.4, -0.2) is 36.0 Å². The summed E-state index contributed by atoms with van der Waals surface area (Å²) in [6.45, 7) is 3.89. The van der Waals surface area contributed by atoms with Gasteiger partial charge in [-0.15, -0.1) is 0 Å². The molecule has 0 aromatic carbocycles. The Balaban J connectivity index is 1.58. The predicted molar refractivity (Wildman–Crippen MR) is 76.9 cm³/mol. The molecule has 1 aliphatic carbocycles. The van der Waals surface area contributed by atoms with Crippen LogP contribution in [0.3, 0.4) is 0 Å². The molecule has 3 nitrogen and oxygen atoms in total. The van der Waals surface area contributed by atoms with E-state index < -0.39 is 0 Å². The number of hydrogen-bond donors (Lipinski definition) is 1. The van der Waals surface area contributed by atoms with Crippen LogP contribution in [0.25, 0.3) is 0 Å². The molecule has 19 heavy (non-hydrogen) atoms. The molecule has 1 saturated carbocycles. The summed E-state index contributed by atoms with van der Waals surface area (Å²) in [4.78, 5) is 14.6. The minimum absolute atomic E-state index is 0.0890. The lowest BCUT2D eigenvalue weighted by Crippen LogP contribution is -2.56. The standard InChI is InChI=1S/C16H26N2O/c1-12-8-10-18(11-9-12)16(19)15-7-6-13-4-2-3-5-14(13)17-15/h8,13-15,17H,2-7,9-11H2,1H3. The molecule has 0 aromatic rings. The lowest BCUT2D eigenvalue weighted by Gasteiger charge is -2.41. The Morgan fingerprint density at radius 3 is 2.89 bits per heavy atom. The van der Waals surface area contributed by atoms with Crippen LogP contribution in [0.4, 0.5) is 0 Å². The predicted octanol–water partition coefficient (Wildman–Crippen LogP) is 2.48. The van der Waals surface area contributed by atoms with E-state index in [4.69, 9.17) is 0 Å². The molecule has 3 atom stereocenters. The van der Waals surface area contributed by atoms with Gasteiger partial charge in [0, 0.05) is 19.1 Å². The Morgan fingerprint density at radius 1 is 1.26 bits per heavy atom. The highest BCUT2D eigenvalue weighted by molar-refractivity contribution is 5.82. The van der Waals surface area contributed by atoms with Crippen molar-refractivity contribution in [3.8, 4) is 0 Å². The van der Waals surface area contributed by atoms with Gasteiger partial charge in [0.2, 0.25) is 5.91 Å². The summed E-state index contributed by atoms with van der Waals surface area (Å²) in [5.74, 6) is 1.18. The molecule has 1 N–H and O–H groups in total. The molecule has 0 spiro atoms. The van der Waals surface area contributed by atoms with Crippen LogP contribution in [0.5, 0.6) is 0 Å². The van der Waals surface area contributed by atoms with Crippen LogP contribution in [0.15, 0.2) is 11.6 Å². The maximum absolute atomic E-state index is 12.6. The number of carbonyl (C=O) groups excluding carboxylic acids is 1. The van der Waals surface area contributed by atoms with Gasteiger partial charge in [0.05, 0.1) is 6.04 Å². The van der Waals surface area contributed by atoms with Crippen LogP contribution in [0.1, 0.15) is 51.9 Å². The number of carbonyl (C=O) groups is 1. The van der Waals surface area contributed by atoms with Gasteiger partial charge < -0.3 is 10.2 Å². The van der Waals surface area contributed by atoms with Gasteiger partial charge in [0.1, 0.15) is 0 Å². The van der Waals surface area contributed by atoms with E-state index in [0.29, 0.717) is 11.9 Å². The van der Waals surface area contributed by atoms with Crippen LogP contribution < -0.4 is 5.32 Å². The van der Waals surface area contributed by atoms with Crippen LogP contribution >= 0.6 is 0 Å². The molecule has 1 saturated heterocycles. The van der Waals surface area contributed by atoms with Crippen molar-refractivity contribution >= 4 is 5.91 Å². The van der Waals surface area contributed by atoms with Crippen LogP contribution in [0.2, 0.25) is 0 Å². The zero-order valence-corrected chi connectivity index (χ0v) is 12.0. The van der Waals surface area contributed by atoms with Crippen molar-refractivity contribution < 1.29 is 4.79 Å². The molecule has 3 heteroatoms. The van der Waals surface area contributed by atoms with Gasteiger partial charge in [-0.1, -0.05) is 24.5 Å². The Hall–Kier alpha value is -0.830.